The Morgan fingerprint density at radius 3 is 2.65 bits per heavy atom. The molecule has 2 atom stereocenters. The van der Waals surface area contributed by atoms with Gasteiger partial charge in [-0.05, 0) is 36.8 Å². The van der Waals surface area contributed by atoms with Gasteiger partial charge in [0.15, 0.2) is 11.5 Å². The Balaban J connectivity index is 1.60. The van der Waals surface area contributed by atoms with Crippen LogP contribution in [0.3, 0.4) is 0 Å². The third-order valence-corrected chi connectivity index (χ3v) is 5.68. The van der Waals surface area contributed by atoms with E-state index in [9.17, 15) is 9.59 Å². The highest BCUT2D eigenvalue weighted by Crippen LogP contribution is 2.42. The Labute approximate surface area is 179 Å². The van der Waals surface area contributed by atoms with Crippen LogP contribution in [0.25, 0.3) is 0 Å². The van der Waals surface area contributed by atoms with Gasteiger partial charge in [-0.3, -0.25) is 14.3 Å². The highest BCUT2D eigenvalue weighted by atomic mass is 16.6. The number of carbonyl (C=O) groups is 2. The molecule has 1 aromatic heterocycles. The topological polar surface area (TPSA) is 94.5 Å². The number of nitrogens with one attached hydrogen (secondary N) is 2. The van der Waals surface area contributed by atoms with Crippen molar-refractivity contribution in [2.45, 2.75) is 18.9 Å². The molecule has 3 heterocycles. The zero-order valence-electron chi connectivity index (χ0n) is 17.2. The average molecular weight is 418 g/mol. The lowest BCUT2D eigenvalue weighted by molar-refractivity contribution is -0.118. The van der Waals surface area contributed by atoms with Gasteiger partial charge in [0, 0.05) is 24.1 Å². The van der Waals surface area contributed by atoms with Crippen molar-refractivity contribution in [3.63, 3.8) is 0 Å². The summed E-state index contributed by atoms with van der Waals surface area (Å²) in [6.07, 6.45) is 0. The Morgan fingerprint density at radius 1 is 1.13 bits per heavy atom. The van der Waals surface area contributed by atoms with Crippen molar-refractivity contribution in [2.24, 2.45) is 7.05 Å². The summed E-state index contributed by atoms with van der Waals surface area (Å²) >= 11 is 0. The van der Waals surface area contributed by atoms with Gasteiger partial charge in [-0.2, -0.15) is 5.10 Å². The Hall–Kier alpha value is -3.81. The lowest BCUT2D eigenvalue weighted by Crippen LogP contribution is -2.50. The van der Waals surface area contributed by atoms with Crippen LogP contribution in [0.15, 0.2) is 48.5 Å². The summed E-state index contributed by atoms with van der Waals surface area (Å²) in [4.78, 5) is 26.0. The maximum atomic E-state index is 13.1. The molecule has 0 unspecified atom stereocenters. The molecular weight excluding hydrogens is 396 g/mol. The van der Waals surface area contributed by atoms with Gasteiger partial charge in [-0.25, -0.2) is 0 Å². The molecule has 0 aliphatic carbocycles. The fourth-order valence-electron chi connectivity index (χ4n) is 4.28. The number of hydrogen-bond donors (Lipinski definition) is 2. The maximum absolute atomic E-state index is 13.1. The van der Waals surface area contributed by atoms with Gasteiger partial charge in [0.1, 0.15) is 25.1 Å². The van der Waals surface area contributed by atoms with E-state index in [0.29, 0.717) is 36.1 Å². The SMILES string of the molecule is Cc1nn(C)c2c1[C@H](c1ccc3c(c1)OCCO3)[C@H](NC(=O)c1ccccc1)C(=O)N2. The Kier molecular flexibility index (Phi) is 4.62. The lowest BCUT2D eigenvalue weighted by atomic mass is 9.81. The van der Waals surface area contributed by atoms with Crippen molar-refractivity contribution in [2.75, 3.05) is 18.5 Å². The van der Waals surface area contributed by atoms with Crippen LogP contribution in [0.4, 0.5) is 5.82 Å². The fourth-order valence-corrected chi connectivity index (χ4v) is 4.28. The maximum Gasteiger partial charge on any atom is 0.251 e. The number of aryl methyl sites for hydroxylation is 2. The third kappa shape index (κ3) is 3.30. The molecule has 2 aliphatic rings. The lowest BCUT2D eigenvalue weighted by Gasteiger charge is -2.33. The quantitative estimate of drug-likeness (QED) is 0.681. The minimum Gasteiger partial charge on any atom is -0.486 e. The van der Waals surface area contributed by atoms with Crippen molar-refractivity contribution in [1.82, 2.24) is 15.1 Å². The summed E-state index contributed by atoms with van der Waals surface area (Å²) in [7, 11) is 1.79. The predicted molar refractivity (Wildman–Crippen MR) is 114 cm³/mol. The minimum absolute atomic E-state index is 0.292. The van der Waals surface area contributed by atoms with Gasteiger partial charge in [0.25, 0.3) is 5.91 Å². The summed E-state index contributed by atoms with van der Waals surface area (Å²) in [6.45, 7) is 2.87. The van der Waals surface area contributed by atoms with E-state index < -0.39 is 12.0 Å². The molecule has 2 N–H and O–H groups in total. The first-order valence-corrected chi connectivity index (χ1v) is 10.1. The van der Waals surface area contributed by atoms with Crippen molar-refractivity contribution in [3.05, 3.63) is 70.9 Å². The summed E-state index contributed by atoms with van der Waals surface area (Å²) in [5.74, 6) is 0.899. The molecule has 0 saturated carbocycles. The normalized spacial score (nSPS) is 19.4. The number of anilines is 1. The van der Waals surface area contributed by atoms with Gasteiger partial charge in [0.05, 0.1) is 5.69 Å². The zero-order valence-corrected chi connectivity index (χ0v) is 17.2. The van der Waals surface area contributed by atoms with Crippen molar-refractivity contribution in [1.29, 1.82) is 0 Å². The molecule has 2 amide bonds. The average Bonchev–Trinajstić information content (AvgIpc) is 3.07. The molecule has 8 nitrogen and oxygen atoms in total. The first kappa shape index (κ1) is 19.2. The third-order valence-electron chi connectivity index (χ3n) is 5.68. The number of amides is 2. The molecule has 2 aliphatic heterocycles. The number of ether oxygens (including phenoxy) is 2. The second kappa shape index (κ2) is 7.46. The smallest absolute Gasteiger partial charge is 0.251 e. The van der Waals surface area contributed by atoms with E-state index in [2.05, 4.69) is 15.7 Å². The predicted octanol–water partition coefficient (Wildman–Crippen LogP) is 2.38. The molecular formula is C23H22N4O4. The Morgan fingerprint density at radius 2 is 1.87 bits per heavy atom. The van der Waals surface area contributed by atoms with Crippen LogP contribution < -0.4 is 20.1 Å². The molecule has 0 radical (unpaired) electrons. The first-order valence-electron chi connectivity index (χ1n) is 10.1. The van der Waals surface area contributed by atoms with E-state index in [1.165, 1.54) is 0 Å². The highest BCUT2D eigenvalue weighted by Gasteiger charge is 2.41. The van der Waals surface area contributed by atoms with Crippen LogP contribution >= 0.6 is 0 Å². The van der Waals surface area contributed by atoms with E-state index in [0.717, 1.165) is 16.8 Å². The summed E-state index contributed by atoms with van der Waals surface area (Å²) < 4.78 is 13.1. The molecule has 5 rings (SSSR count). The van der Waals surface area contributed by atoms with Crippen LogP contribution in [0.5, 0.6) is 11.5 Å². The molecule has 8 heteroatoms. The number of fused-ring (bicyclic) bond motifs is 2. The van der Waals surface area contributed by atoms with E-state index in [4.69, 9.17) is 9.47 Å². The van der Waals surface area contributed by atoms with Gasteiger partial charge in [-0.15, -0.1) is 0 Å². The molecule has 3 aromatic rings. The van der Waals surface area contributed by atoms with Crippen molar-refractivity contribution >= 4 is 17.6 Å². The summed E-state index contributed by atoms with van der Waals surface area (Å²) in [5.41, 5.74) is 2.99. The first-order chi connectivity index (χ1) is 15.0. The number of benzene rings is 2. The highest BCUT2D eigenvalue weighted by molar-refractivity contribution is 6.03. The molecule has 158 valence electrons. The molecule has 2 aromatic carbocycles. The minimum atomic E-state index is -0.814. The second-order valence-electron chi connectivity index (χ2n) is 7.66. The van der Waals surface area contributed by atoms with E-state index in [-0.39, 0.29) is 11.8 Å². The fraction of sp³-hybridized carbons (Fsp3) is 0.261. The van der Waals surface area contributed by atoms with Crippen LogP contribution in [0.2, 0.25) is 0 Å². The molecule has 0 saturated heterocycles. The number of hydrogen-bond acceptors (Lipinski definition) is 5. The largest absolute Gasteiger partial charge is 0.486 e. The van der Waals surface area contributed by atoms with Gasteiger partial charge in [0.2, 0.25) is 5.91 Å². The van der Waals surface area contributed by atoms with Crippen LogP contribution in [-0.2, 0) is 11.8 Å². The van der Waals surface area contributed by atoms with Gasteiger partial charge < -0.3 is 20.1 Å². The second-order valence-corrected chi connectivity index (χ2v) is 7.66. The number of aromatic nitrogens is 2. The summed E-state index contributed by atoms with van der Waals surface area (Å²) in [6, 6.07) is 13.7. The van der Waals surface area contributed by atoms with Gasteiger partial charge >= 0.3 is 0 Å². The van der Waals surface area contributed by atoms with Crippen molar-refractivity contribution in [3.8, 4) is 11.5 Å². The molecule has 0 fully saturated rings. The number of rotatable bonds is 3. The zero-order chi connectivity index (χ0) is 21.5. The van der Waals surface area contributed by atoms with Crippen LogP contribution in [0, 0.1) is 6.92 Å². The Bertz CT molecular complexity index is 1170. The monoisotopic (exact) mass is 418 g/mol. The molecule has 0 spiro atoms. The van der Waals surface area contributed by atoms with E-state index in [1.54, 1.807) is 36.0 Å². The molecule has 0 bridgehead atoms. The van der Waals surface area contributed by atoms with Crippen molar-refractivity contribution < 1.29 is 19.1 Å². The standard InChI is InChI=1S/C23H22N4O4/c1-13-18-19(15-8-9-16-17(12-15)31-11-10-30-16)20(23(29)25-21(18)27(2)26-13)24-22(28)14-6-4-3-5-7-14/h3-9,12,19-20H,10-11H2,1-2H3,(H,24,28)(H,25,29)/t19-,20-/m0/s1. The van der Waals surface area contributed by atoms with E-state index in [1.807, 2.05) is 31.2 Å². The van der Waals surface area contributed by atoms with Crippen LogP contribution in [-0.4, -0.2) is 40.9 Å². The molecule has 31 heavy (non-hydrogen) atoms. The van der Waals surface area contributed by atoms with E-state index >= 15 is 0 Å². The van der Waals surface area contributed by atoms with Gasteiger partial charge in [-0.1, -0.05) is 24.3 Å². The summed E-state index contributed by atoms with van der Waals surface area (Å²) in [5, 5.41) is 10.3. The number of nitrogens with zero attached hydrogens (tertiary/aromatic N) is 2. The number of carbonyl (C=O) groups excluding carboxylic acids is 2. The van der Waals surface area contributed by atoms with Crippen LogP contribution in [0.1, 0.15) is 33.1 Å².